The smallest absolute Gasteiger partial charge is 0.225 e. The zero-order valence-electron chi connectivity index (χ0n) is 21.3. The molecule has 0 spiro atoms. The van der Waals surface area contributed by atoms with E-state index in [0.29, 0.717) is 10.9 Å². The van der Waals surface area contributed by atoms with E-state index in [0.717, 1.165) is 50.9 Å². The summed E-state index contributed by atoms with van der Waals surface area (Å²) in [7, 11) is -3.42. The van der Waals surface area contributed by atoms with Gasteiger partial charge in [-0.15, -0.1) is 22.7 Å². The van der Waals surface area contributed by atoms with Crippen LogP contribution in [0.25, 0.3) is 20.8 Å². The zero-order valence-corrected chi connectivity index (χ0v) is 23.7. The molecule has 4 aromatic rings. The van der Waals surface area contributed by atoms with Crippen molar-refractivity contribution in [3.8, 4) is 10.6 Å². The van der Waals surface area contributed by atoms with Crippen molar-refractivity contribution in [2.45, 2.75) is 57.5 Å². The quantitative estimate of drug-likeness (QED) is 0.277. The molecule has 1 aliphatic heterocycles. The van der Waals surface area contributed by atoms with Gasteiger partial charge in [-0.1, -0.05) is 29.8 Å². The Morgan fingerprint density at radius 2 is 1.86 bits per heavy atom. The highest BCUT2D eigenvalue weighted by atomic mass is 32.2. The summed E-state index contributed by atoms with van der Waals surface area (Å²) in [5, 5.41) is 4.87. The number of amides is 1. The fraction of sp³-hybridized carbons (Fsp3) is 0.357. The normalized spacial score (nSPS) is 14.3. The summed E-state index contributed by atoms with van der Waals surface area (Å²) in [5.74, 6) is -0.223. The first-order chi connectivity index (χ1) is 17.7. The molecule has 0 atom stereocenters. The van der Waals surface area contributed by atoms with Crippen molar-refractivity contribution in [1.29, 1.82) is 0 Å². The SMILES string of the molecule is Cc1ccc(S(=O)(=O)CCCC(=O)Nc2sc3c(c2-c2nc4ccccc4s2)CCN(C(C)C)C3)cc1. The molecule has 0 radical (unpaired) electrons. The highest BCUT2D eigenvalue weighted by Crippen LogP contribution is 2.46. The number of aryl methyl sites for hydroxylation is 1. The number of carbonyl (C=O) groups excluding carboxylic acids is 1. The molecule has 1 N–H and O–H groups in total. The number of nitrogens with zero attached hydrogens (tertiary/aromatic N) is 2. The third-order valence-corrected chi connectivity index (χ3v) is 10.8. The van der Waals surface area contributed by atoms with Crippen LogP contribution < -0.4 is 5.32 Å². The molecule has 0 saturated carbocycles. The van der Waals surface area contributed by atoms with Crippen molar-refractivity contribution in [3.05, 3.63) is 64.5 Å². The van der Waals surface area contributed by atoms with E-state index in [1.165, 1.54) is 10.4 Å². The summed E-state index contributed by atoms with van der Waals surface area (Å²) in [6.45, 7) is 8.18. The Balaban J connectivity index is 1.35. The number of hydrogen-bond donors (Lipinski definition) is 1. The van der Waals surface area contributed by atoms with Crippen LogP contribution in [0.5, 0.6) is 0 Å². The van der Waals surface area contributed by atoms with Crippen molar-refractivity contribution in [3.63, 3.8) is 0 Å². The summed E-state index contributed by atoms with van der Waals surface area (Å²) in [5.41, 5.74) is 4.28. The Kier molecular flexibility index (Phi) is 7.49. The topological polar surface area (TPSA) is 79.4 Å². The average Bonchev–Trinajstić information content (AvgIpc) is 3.44. The average molecular weight is 554 g/mol. The van der Waals surface area contributed by atoms with Gasteiger partial charge >= 0.3 is 0 Å². The van der Waals surface area contributed by atoms with Crippen molar-refractivity contribution in [2.75, 3.05) is 17.6 Å². The van der Waals surface area contributed by atoms with Gasteiger partial charge in [0.15, 0.2) is 9.84 Å². The molecule has 0 aliphatic carbocycles. The number of anilines is 1. The molecule has 3 heterocycles. The number of thiazole rings is 1. The van der Waals surface area contributed by atoms with Gasteiger partial charge in [-0.3, -0.25) is 9.69 Å². The second-order valence-electron chi connectivity index (χ2n) is 9.79. The maximum absolute atomic E-state index is 13.0. The Hall–Kier alpha value is -2.59. The van der Waals surface area contributed by atoms with E-state index in [4.69, 9.17) is 4.98 Å². The number of sulfone groups is 1. The third kappa shape index (κ3) is 5.65. The van der Waals surface area contributed by atoms with E-state index in [1.54, 1.807) is 46.9 Å². The summed E-state index contributed by atoms with van der Waals surface area (Å²) in [6.07, 6.45) is 1.33. The van der Waals surface area contributed by atoms with Crippen LogP contribution in [0.2, 0.25) is 0 Å². The number of para-hydroxylation sites is 1. The molecule has 2 aromatic heterocycles. The van der Waals surface area contributed by atoms with Gasteiger partial charge in [-0.25, -0.2) is 13.4 Å². The molecular weight excluding hydrogens is 523 g/mol. The molecule has 0 saturated heterocycles. The molecule has 0 bridgehead atoms. The maximum atomic E-state index is 13.0. The number of thiophene rings is 1. The number of carbonyl (C=O) groups is 1. The molecule has 9 heteroatoms. The first kappa shape index (κ1) is 26.0. The van der Waals surface area contributed by atoms with Gasteiger partial charge in [0.1, 0.15) is 10.0 Å². The van der Waals surface area contributed by atoms with Crippen LogP contribution in [0.4, 0.5) is 5.00 Å². The molecule has 5 rings (SSSR count). The number of benzene rings is 2. The Morgan fingerprint density at radius 1 is 1.11 bits per heavy atom. The van der Waals surface area contributed by atoms with E-state index in [1.807, 2.05) is 25.1 Å². The zero-order chi connectivity index (χ0) is 26.2. The molecule has 1 aliphatic rings. The number of nitrogens with one attached hydrogen (secondary N) is 1. The van der Waals surface area contributed by atoms with Crippen molar-refractivity contribution >= 4 is 53.6 Å². The molecule has 1 amide bonds. The Labute approximate surface area is 226 Å². The molecule has 2 aromatic carbocycles. The van der Waals surface area contributed by atoms with Crippen LogP contribution in [0.15, 0.2) is 53.4 Å². The fourth-order valence-corrected chi connectivity index (χ4v) is 8.34. The van der Waals surface area contributed by atoms with E-state index in [-0.39, 0.29) is 24.5 Å². The lowest BCUT2D eigenvalue weighted by Crippen LogP contribution is -2.35. The van der Waals surface area contributed by atoms with Gasteiger partial charge in [0.2, 0.25) is 5.91 Å². The van der Waals surface area contributed by atoms with Gasteiger partial charge in [0, 0.05) is 36.0 Å². The molecule has 0 fully saturated rings. The summed E-state index contributed by atoms with van der Waals surface area (Å²) in [4.78, 5) is 21.9. The Morgan fingerprint density at radius 3 is 2.59 bits per heavy atom. The molecular formula is C28H31N3O3S3. The van der Waals surface area contributed by atoms with E-state index < -0.39 is 9.84 Å². The number of fused-ring (bicyclic) bond motifs is 2. The Bertz CT molecular complexity index is 1500. The predicted octanol–water partition coefficient (Wildman–Crippen LogP) is 6.29. The largest absolute Gasteiger partial charge is 0.317 e. The molecule has 0 unspecified atom stereocenters. The second-order valence-corrected chi connectivity index (χ2v) is 14.0. The second kappa shape index (κ2) is 10.6. The summed E-state index contributed by atoms with van der Waals surface area (Å²) >= 11 is 3.28. The third-order valence-electron chi connectivity index (χ3n) is 6.77. The lowest BCUT2D eigenvalue weighted by molar-refractivity contribution is -0.116. The van der Waals surface area contributed by atoms with Gasteiger partial charge in [0.05, 0.1) is 20.9 Å². The fourth-order valence-electron chi connectivity index (χ4n) is 4.63. The van der Waals surface area contributed by atoms with Crippen LogP contribution in [0.3, 0.4) is 0 Å². The highest BCUT2D eigenvalue weighted by Gasteiger charge is 2.28. The van der Waals surface area contributed by atoms with Crippen LogP contribution in [-0.2, 0) is 27.6 Å². The van der Waals surface area contributed by atoms with E-state index in [9.17, 15) is 13.2 Å². The highest BCUT2D eigenvalue weighted by molar-refractivity contribution is 7.91. The van der Waals surface area contributed by atoms with E-state index >= 15 is 0 Å². The summed E-state index contributed by atoms with van der Waals surface area (Å²) in [6, 6.07) is 15.4. The number of hydrogen-bond acceptors (Lipinski definition) is 7. The minimum atomic E-state index is -3.42. The van der Waals surface area contributed by atoms with Crippen LogP contribution in [-0.4, -0.2) is 42.5 Å². The van der Waals surface area contributed by atoms with Crippen LogP contribution in [0, 0.1) is 6.92 Å². The lowest BCUT2D eigenvalue weighted by atomic mass is 10.0. The van der Waals surface area contributed by atoms with Gasteiger partial charge in [-0.05, 0) is 63.4 Å². The molecule has 6 nitrogen and oxygen atoms in total. The lowest BCUT2D eigenvalue weighted by Gasteiger charge is -2.30. The summed E-state index contributed by atoms with van der Waals surface area (Å²) < 4.78 is 26.5. The van der Waals surface area contributed by atoms with Crippen LogP contribution >= 0.6 is 22.7 Å². The minimum absolute atomic E-state index is 0.0570. The van der Waals surface area contributed by atoms with Crippen molar-refractivity contribution in [2.24, 2.45) is 0 Å². The van der Waals surface area contributed by atoms with Crippen molar-refractivity contribution < 1.29 is 13.2 Å². The van der Waals surface area contributed by atoms with Gasteiger partial charge in [-0.2, -0.15) is 0 Å². The molecule has 37 heavy (non-hydrogen) atoms. The van der Waals surface area contributed by atoms with Gasteiger partial charge in [0.25, 0.3) is 0 Å². The molecule has 194 valence electrons. The first-order valence-corrected chi connectivity index (χ1v) is 15.8. The maximum Gasteiger partial charge on any atom is 0.225 e. The van der Waals surface area contributed by atoms with E-state index in [2.05, 4.69) is 30.1 Å². The van der Waals surface area contributed by atoms with Crippen LogP contribution in [0.1, 0.15) is 42.7 Å². The monoisotopic (exact) mass is 553 g/mol. The van der Waals surface area contributed by atoms with Gasteiger partial charge < -0.3 is 5.32 Å². The standard InChI is InChI=1S/C28H31N3O3S3/c1-18(2)31-15-14-21-24(17-31)36-28(26(21)27-29-22-7-4-5-8-23(22)35-27)30-25(32)9-6-16-37(33,34)20-12-10-19(3)11-13-20/h4-5,7-8,10-13,18H,6,9,14-17H2,1-3H3,(H,30,32). The first-order valence-electron chi connectivity index (χ1n) is 12.5. The van der Waals surface area contributed by atoms with Crippen molar-refractivity contribution in [1.82, 2.24) is 9.88 Å². The predicted molar refractivity (Wildman–Crippen MR) is 153 cm³/mol. The minimum Gasteiger partial charge on any atom is -0.317 e. The number of aromatic nitrogens is 1. The number of rotatable bonds is 8.